The normalized spacial score (nSPS) is 26.0. The Labute approximate surface area is 57.3 Å². The van der Waals surface area contributed by atoms with Crippen LogP contribution >= 0.6 is 0 Å². The first kappa shape index (κ1) is 6.60. The van der Waals surface area contributed by atoms with E-state index in [9.17, 15) is 0 Å². The maximum Gasteiger partial charge on any atom is -0.00985 e. The van der Waals surface area contributed by atoms with E-state index in [1.54, 1.807) is 0 Å². The SMILES string of the molecule is CCC1=CC=C[CH]C1C. The minimum Gasteiger partial charge on any atom is -0.0802 e. The lowest BCUT2D eigenvalue weighted by molar-refractivity contribution is 0.765. The van der Waals surface area contributed by atoms with E-state index in [4.69, 9.17) is 0 Å². The summed E-state index contributed by atoms with van der Waals surface area (Å²) in [7, 11) is 0. The molecule has 1 aliphatic carbocycles. The molecule has 0 heterocycles. The van der Waals surface area contributed by atoms with Crippen molar-refractivity contribution in [3.8, 4) is 0 Å². The van der Waals surface area contributed by atoms with Crippen molar-refractivity contribution in [3.05, 3.63) is 30.2 Å². The molecule has 0 aromatic rings. The summed E-state index contributed by atoms with van der Waals surface area (Å²) in [6, 6.07) is 0. The third-order valence-corrected chi connectivity index (χ3v) is 1.81. The molecule has 9 heavy (non-hydrogen) atoms. The van der Waals surface area contributed by atoms with Gasteiger partial charge in [0, 0.05) is 0 Å². The summed E-state index contributed by atoms with van der Waals surface area (Å²) in [6.45, 7) is 4.44. The molecule has 0 aromatic heterocycles. The van der Waals surface area contributed by atoms with Crippen LogP contribution in [0.4, 0.5) is 0 Å². The van der Waals surface area contributed by atoms with E-state index in [2.05, 4.69) is 38.5 Å². The van der Waals surface area contributed by atoms with Gasteiger partial charge in [-0.2, -0.15) is 0 Å². The summed E-state index contributed by atoms with van der Waals surface area (Å²) in [5, 5.41) is 0. The fraction of sp³-hybridized carbons (Fsp3) is 0.444. The van der Waals surface area contributed by atoms with Crippen molar-refractivity contribution in [2.75, 3.05) is 0 Å². The van der Waals surface area contributed by atoms with Crippen LogP contribution < -0.4 is 0 Å². The highest BCUT2D eigenvalue weighted by Gasteiger charge is 2.06. The zero-order valence-corrected chi connectivity index (χ0v) is 6.09. The van der Waals surface area contributed by atoms with E-state index >= 15 is 0 Å². The quantitative estimate of drug-likeness (QED) is 0.500. The lowest BCUT2D eigenvalue weighted by Crippen LogP contribution is -2.00. The molecule has 1 unspecified atom stereocenters. The molecule has 0 spiro atoms. The van der Waals surface area contributed by atoms with Crippen LogP contribution in [-0.4, -0.2) is 0 Å². The van der Waals surface area contributed by atoms with Crippen molar-refractivity contribution in [2.45, 2.75) is 20.3 Å². The molecule has 0 aromatic carbocycles. The van der Waals surface area contributed by atoms with Crippen molar-refractivity contribution in [1.29, 1.82) is 0 Å². The van der Waals surface area contributed by atoms with E-state index in [0.29, 0.717) is 5.92 Å². The van der Waals surface area contributed by atoms with Crippen molar-refractivity contribution in [1.82, 2.24) is 0 Å². The van der Waals surface area contributed by atoms with Gasteiger partial charge in [0.25, 0.3) is 0 Å². The number of rotatable bonds is 1. The third-order valence-electron chi connectivity index (χ3n) is 1.81. The third kappa shape index (κ3) is 1.44. The molecule has 0 saturated carbocycles. The van der Waals surface area contributed by atoms with Crippen LogP contribution in [0.3, 0.4) is 0 Å². The van der Waals surface area contributed by atoms with E-state index in [1.165, 1.54) is 12.0 Å². The van der Waals surface area contributed by atoms with Gasteiger partial charge in [0.05, 0.1) is 0 Å². The van der Waals surface area contributed by atoms with Crippen LogP contribution in [0.1, 0.15) is 20.3 Å². The summed E-state index contributed by atoms with van der Waals surface area (Å²) in [5.41, 5.74) is 1.54. The van der Waals surface area contributed by atoms with Crippen molar-refractivity contribution < 1.29 is 0 Å². The molecule has 0 aliphatic heterocycles. The highest BCUT2D eigenvalue weighted by molar-refractivity contribution is 5.25. The van der Waals surface area contributed by atoms with Crippen LogP contribution in [0.5, 0.6) is 0 Å². The summed E-state index contributed by atoms with van der Waals surface area (Å²) < 4.78 is 0. The molecule has 0 N–H and O–H groups in total. The van der Waals surface area contributed by atoms with Crippen LogP contribution in [0.15, 0.2) is 23.8 Å². The van der Waals surface area contributed by atoms with Gasteiger partial charge in [-0.25, -0.2) is 0 Å². The smallest absolute Gasteiger partial charge is 0.00985 e. The molecule has 1 aliphatic rings. The number of hydrogen-bond donors (Lipinski definition) is 0. The van der Waals surface area contributed by atoms with Gasteiger partial charge in [0.15, 0.2) is 0 Å². The monoisotopic (exact) mass is 121 g/mol. The largest absolute Gasteiger partial charge is 0.0802 e. The van der Waals surface area contributed by atoms with Crippen molar-refractivity contribution >= 4 is 0 Å². The predicted molar refractivity (Wildman–Crippen MR) is 41.0 cm³/mol. The lowest BCUT2D eigenvalue weighted by Gasteiger charge is -2.14. The maximum atomic E-state index is 2.23. The zero-order chi connectivity index (χ0) is 6.69. The second-order valence-corrected chi connectivity index (χ2v) is 2.46. The summed E-state index contributed by atoms with van der Waals surface area (Å²) in [4.78, 5) is 0. The molecular weight excluding hydrogens is 108 g/mol. The van der Waals surface area contributed by atoms with E-state index in [0.717, 1.165) is 0 Å². The standard InChI is InChI=1S/C9H13/c1-3-9-7-5-4-6-8(9)2/h4-8H,3H2,1-2H3. The van der Waals surface area contributed by atoms with Crippen molar-refractivity contribution in [2.24, 2.45) is 5.92 Å². The highest BCUT2D eigenvalue weighted by Crippen LogP contribution is 2.20. The molecule has 0 amide bonds. The topological polar surface area (TPSA) is 0 Å². The van der Waals surface area contributed by atoms with Crippen molar-refractivity contribution in [3.63, 3.8) is 0 Å². The van der Waals surface area contributed by atoms with E-state index < -0.39 is 0 Å². The van der Waals surface area contributed by atoms with Gasteiger partial charge in [0.1, 0.15) is 0 Å². The van der Waals surface area contributed by atoms with Crippen LogP contribution in [-0.2, 0) is 0 Å². The van der Waals surface area contributed by atoms with Gasteiger partial charge < -0.3 is 0 Å². The molecule has 0 heteroatoms. The summed E-state index contributed by atoms with van der Waals surface area (Å²) in [6.07, 6.45) is 9.86. The average molecular weight is 121 g/mol. The Morgan fingerprint density at radius 3 is 2.67 bits per heavy atom. The Morgan fingerprint density at radius 2 is 2.22 bits per heavy atom. The Bertz CT molecular complexity index is 140. The molecule has 1 rings (SSSR count). The molecule has 0 fully saturated rings. The van der Waals surface area contributed by atoms with Gasteiger partial charge in [0.2, 0.25) is 0 Å². The number of allylic oxidation sites excluding steroid dienone is 4. The fourth-order valence-electron chi connectivity index (χ4n) is 1.13. The molecule has 0 saturated heterocycles. The van der Waals surface area contributed by atoms with Crippen LogP contribution in [0, 0.1) is 12.3 Å². The van der Waals surface area contributed by atoms with E-state index in [1.807, 2.05) is 0 Å². The highest BCUT2D eigenvalue weighted by atomic mass is 14.1. The minimum absolute atomic E-state index is 0.667. The molecule has 1 atom stereocenters. The van der Waals surface area contributed by atoms with Crippen LogP contribution in [0.2, 0.25) is 0 Å². The fourth-order valence-corrected chi connectivity index (χ4v) is 1.13. The summed E-state index contributed by atoms with van der Waals surface area (Å²) in [5.74, 6) is 0.667. The zero-order valence-electron chi connectivity index (χ0n) is 6.09. The average Bonchev–Trinajstić information content (AvgIpc) is 1.89. The Kier molecular flexibility index (Phi) is 2.10. The Balaban J connectivity index is 2.63. The molecule has 1 radical (unpaired) electrons. The molecule has 0 nitrogen and oxygen atoms in total. The Morgan fingerprint density at radius 1 is 1.44 bits per heavy atom. The van der Waals surface area contributed by atoms with Gasteiger partial charge >= 0.3 is 0 Å². The van der Waals surface area contributed by atoms with E-state index in [-0.39, 0.29) is 0 Å². The predicted octanol–water partition coefficient (Wildman–Crippen LogP) is 2.73. The first-order valence-corrected chi connectivity index (χ1v) is 3.55. The Hall–Kier alpha value is -0.520. The molecule has 49 valence electrons. The maximum absolute atomic E-state index is 2.23. The molecular formula is C9H13. The first-order chi connectivity index (χ1) is 4.34. The summed E-state index contributed by atoms with van der Waals surface area (Å²) >= 11 is 0. The lowest BCUT2D eigenvalue weighted by atomic mass is 9.92. The van der Waals surface area contributed by atoms with Gasteiger partial charge in [-0.3, -0.25) is 0 Å². The van der Waals surface area contributed by atoms with Gasteiger partial charge in [-0.05, 0) is 18.8 Å². The van der Waals surface area contributed by atoms with Gasteiger partial charge in [-0.1, -0.05) is 37.6 Å². The second-order valence-electron chi connectivity index (χ2n) is 2.46. The second kappa shape index (κ2) is 2.86. The minimum atomic E-state index is 0.667. The first-order valence-electron chi connectivity index (χ1n) is 3.55. The van der Waals surface area contributed by atoms with Crippen LogP contribution in [0.25, 0.3) is 0 Å². The molecule has 0 bridgehead atoms. The number of hydrogen-bond acceptors (Lipinski definition) is 0. The van der Waals surface area contributed by atoms with Gasteiger partial charge in [-0.15, -0.1) is 0 Å².